The molecule has 222 valence electrons. The molecule has 0 saturated heterocycles. The van der Waals surface area contributed by atoms with Gasteiger partial charge in [0.2, 0.25) is 0 Å². The van der Waals surface area contributed by atoms with Crippen LogP contribution in [0.1, 0.15) is 42.5 Å². The van der Waals surface area contributed by atoms with Crippen molar-refractivity contribution in [2.45, 2.75) is 43.2 Å². The summed E-state index contributed by atoms with van der Waals surface area (Å²) in [4.78, 5) is 4.55. The molecule has 2 heterocycles. The number of nitrogens with zero attached hydrogens (tertiary/aromatic N) is 3. The van der Waals surface area contributed by atoms with Gasteiger partial charge in [0, 0.05) is 29.6 Å². The number of benzene rings is 2. The SMILES string of the molecule is Cn1nc(CS(=O)(=O)C(F)(F)F)c2c(Cl)ccc(-c3ccc(C#CC(C)(C)O)nc3[C@@H](N)Cc3cc(F)cc(F)c3)c21. The van der Waals surface area contributed by atoms with E-state index in [1.165, 1.54) is 37.7 Å². The Morgan fingerprint density at radius 2 is 1.69 bits per heavy atom. The van der Waals surface area contributed by atoms with Gasteiger partial charge in [0.1, 0.15) is 28.7 Å². The molecular formula is C28H24ClF5N4O3S. The Hall–Kier alpha value is -3.57. The minimum Gasteiger partial charge on any atom is -0.378 e. The van der Waals surface area contributed by atoms with Gasteiger partial charge in [0.15, 0.2) is 0 Å². The summed E-state index contributed by atoms with van der Waals surface area (Å²) in [6.07, 6.45) is -0.0613. The van der Waals surface area contributed by atoms with Crippen LogP contribution in [0.4, 0.5) is 22.0 Å². The van der Waals surface area contributed by atoms with Gasteiger partial charge in [-0.1, -0.05) is 23.6 Å². The van der Waals surface area contributed by atoms with Crippen molar-refractivity contribution in [1.82, 2.24) is 14.8 Å². The van der Waals surface area contributed by atoms with Gasteiger partial charge in [0.25, 0.3) is 9.84 Å². The van der Waals surface area contributed by atoms with Gasteiger partial charge in [-0.15, -0.1) is 0 Å². The molecule has 0 bridgehead atoms. The maximum absolute atomic E-state index is 13.9. The summed E-state index contributed by atoms with van der Waals surface area (Å²) in [7, 11) is -4.16. The highest BCUT2D eigenvalue weighted by Crippen LogP contribution is 2.39. The van der Waals surface area contributed by atoms with Crippen LogP contribution in [0.25, 0.3) is 22.0 Å². The number of pyridine rings is 1. The van der Waals surface area contributed by atoms with E-state index in [1.54, 1.807) is 12.1 Å². The summed E-state index contributed by atoms with van der Waals surface area (Å²) in [5.41, 5.74) is 0.839. The van der Waals surface area contributed by atoms with Gasteiger partial charge >= 0.3 is 5.51 Å². The molecule has 0 aliphatic carbocycles. The quantitative estimate of drug-likeness (QED) is 0.220. The second-order valence-corrected chi connectivity index (χ2v) is 12.5. The fourth-order valence-corrected chi connectivity index (χ4v) is 5.38. The summed E-state index contributed by atoms with van der Waals surface area (Å²) < 4.78 is 92.3. The minimum absolute atomic E-state index is 0.0119. The third kappa shape index (κ3) is 6.73. The van der Waals surface area contributed by atoms with E-state index in [4.69, 9.17) is 17.3 Å². The number of alkyl halides is 3. The number of rotatable bonds is 6. The van der Waals surface area contributed by atoms with E-state index in [-0.39, 0.29) is 39.3 Å². The van der Waals surface area contributed by atoms with E-state index < -0.39 is 50.1 Å². The topological polar surface area (TPSA) is 111 Å². The number of halogens is 6. The first-order valence-corrected chi connectivity index (χ1v) is 14.3. The van der Waals surface area contributed by atoms with Gasteiger partial charge in [-0.05, 0) is 62.1 Å². The van der Waals surface area contributed by atoms with Crippen molar-refractivity contribution in [1.29, 1.82) is 0 Å². The average Bonchev–Trinajstić information content (AvgIpc) is 3.17. The Morgan fingerprint density at radius 3 is 2.29 bits per heavy atom. The van der Waals surface area contributed by atoms with Crippen LogP contribution in [0.5, 0.6) is 0 Å². The van der Waals surface area contributed by atoms with Crippen LogP contribution in [0.15, 0.2) is 42.5 Å². The van der Waals surface area contributed by atoms with Crippen LogP contribution in [-0.2, 0) is 29.1 Å². The van der Waals surface area contributed by atoms with E-state index in [0.717, 1.165) is 18.2 Å². The van der Waals surface area contributed by atoms with Gasteiger partial charge in [-0.2, -0.15) is 18.3 Å². The number of hydrogen-bond donors (Lipinski definition) is 2. The number of aliphatic hydroxyl groups is 1. The molecule has 0 saturated carbocycles. The highest BCUT2D eigenvalue weighted by Gasteiger charge is 2.46. The predicted octanol–water partition coefficient (Wildman–Crippen LogP) is 5.37. The molecule has 42 heavy (non-hydrogen) atoms. The molecule has 0 radical (unpaired) electrons. The fraction of sp³-hybridized carbons (Fsp3) is 0.286. The van der Waals surface area contributed by atoms with E-state index in [1.807, 2.05) is 0 Å². The summed E-state index contributed by atoms with van der Waals surface area (Å²) in [6.45, 7) is 2.95. The summed E-state index contributed by atoms with van der Waals surface area (Å²) in [5, 5.41) is 14.0. The molecule has 1 atom stereocenters. The summed E-state index contributed by atoms with van der Waals surface area (Å²) in [5.74, 6) is 2.35. The third-order valence-electron chi connectivity index (χ3n) is 6.13. The van der Waals surface area contributed by atoms with Crippen LogP contribution in [0.3, 0.4) is 0 Å². The zero-order valence-corrected chi connectivity index (χ0v) is 24.0. The van der Waals surface area contributed by atoms with Crippen LogP contribution in [0, 0.1) is 23.5 Å². The van der Waals surface area contributed by atoms with Crippen molar-refractivity contribution < 1.29 is 35.5 Å². The fourth-order valence-electron chi connectivity index (χ4n) is 4.39. The van der Waals surface area contributed by atoms with Crippen molar-refractivity contribution in [3.63, 3.8) is 0 Å². The first-order valence-electron chi connectivity index (χ1n) is 12.3. The number of aromatic nitrogens is 3. The molecule has 4 aromatic rings. The molecule has 2 aromatic heterocycles. The number of fused-ring (bicyclic) bond motifs is 1. The lowest BCUT2D eigenvalue weighted by molar-refractivity contribution is -0.0437. The predicted molar refractivity (Wildman–Crippen MR) is 148 cm³/mol. The maximum atomic E-state index is 13.9. The number of hydrogen-bond acceptors (Lipinski definition) is 6. The van der Waals surface area contributed by atoms with E-state index >= 15 is 0 Å². The second-order valence-electron chi connectivity index (χ2n) is 10.1. The standard InChI is InChI=1S/C28H24ClF5N4O3S/c1-27(2,39)9-8-18-4-5-19(25(36-18)22(35)12-15-10-16(30)13-17(31)11-15)20-6-7-21(29)24-23(37-38(3)26(20)24)14-42(40,41)28(32,33)34/h4-7,10-11,13,22,39H,12,14,35H2,1-3H3/t22-/m0/s1. The van der Waals surface area contributed by atoms with Crippen LogP contribution in [0.2, 0.25) is 5.02 Å². The first kappa shape index (κ1) is 31.4. The molecule has 0 aliphatic rings. The molecule has 3 N–H and O–H groups in total. The van der Waals surface area contributed by atoms with Crippen molar-refractivity contribution in [2.75, 3.05) is 0 Å². The smallest absolute Gasteiger partial charge is 0.378 e. The Labute approximate surface area is 243 Å². The lowest BCUT2D eigenvalue weighted by atomic mass is 9.94. The molecule has 0 fully saturated rings. The molecule has 0 aliphatic heterocycles. The Balaban J connectivity index is 1.92. The normalized spacial score (nSPS) is 13.2. The molecular weight excluding hydrogens is 603 g/mol. The van der Waals surface area contributed by atoms with Crippen LogP contribution < -0.4 is 5.73 Å². The molecule has 7 nitrogen and oxygen atoms in total. The Morgan fingerprint density at radius 1 is 1.07 bits per heavy atom. The first-order chi connectivity index (χ1) is 19.4. The second kappa shape index (κ2) is 11.3. The molecule has 2 aromatic carbocycles. The molecule has 0 amide bonds. The lowest BCUT2D eigenvalue weighted by Crippen LogP contribution is -2.25. The number of nitrogens with two attached hydrogens (primary N) is 1. The van der Waals surface area contributed by atoms with Crippen molar-refractivity contribution in [3.05, 3.63) is 81.8 Å². The molecule has 0 unspecified atom stereocenters. The van der Waals surface area contributed by atoms with E-state index in [2.05, 4.69) is 21.9 Å². The Kier molecular flexibility index (Phi) is 8.41. The monoisotopic (exact) mass is 626 g/mol. The highest BCUT2D eigenvalue weighted by atomic mass is 35.5. The van der Waals surface area contributed by atoms with Crippen molar-refractivity contribution in [2.24, 2.45) is 12.8 Å². The maximum Gasteiger partial charge on any atom is 0.497 e. The van der Waals surface area contributed by atoms with E-state index in [0.29, 0.717) is 11.1 Å². The van der Waals surface area contributed by atoms with Crippen LogP contribution in [-0.4, -0.2) is 39.4 Å². The van der Waals surface area contributed by atoms with Gasteiger partial charge in [0.05, 0.1) is 28.0 Å². The zero-order valence-electron chi connectivity index (χ0n) is 22.4. The average molecular weight is 627 g/mol. The van der Waals surface area contributed by atoms with E-state index in [9.17, 15) is 35.5 Å². The number of aryl methyl sites for hydroxylation is 1. The van der Waals surface area contributed by atoms with Crippen molar-refractivity contribution in [3.8, 4) is 23.0 Å². The van der Waals surface area contributed by atoms with Gasteiger partial charge < -0.3 is 10.8 Å². The minimum atomic E-state index is -5.57. The summed E-state index contributed by atoms with van der Waals surface area (Å²) >= 11 is 6.34. The van der Waals surface area contributed by atoms with Gasteiger partial charge in [-0.3, -0.25) is 4.68 Å². The summed E-state index contributed by atoms with van der Waals surface area (Å²) in [6, 6.07) is 8.03. The van der Waals surface area contributed by atoms with Crippen molar-refractivity contribution >= 4 is 32.3 Å². The third-order valence-corrected chi connectivity index (χ3v) is 7.80. The number of sulfone groups is 1. The largest absolute Gasteiger partial charge is 0.497 e. The molecule has 14 heteroatoms. The van der Waals surface area contributed by atoms with Crippen LogP contribution >= 0.6 is 11.6 Å². The zero-order chi connectivity index (χ0) is 31.2. The Bertz CT molecular complexity index is 1840. The lowest BCUT2D eigenvalue weighted by Gasteiger charge is -2.18. The molecule has 0 spiro atoms. The molecule has 4 rings (SSSR count). The van der Waals surface area contributed by atoms with Gasteiger partial charge in [-0.25, -0.2) is 22.2 Å². The highest BCUT2D eigenvalue weighted by molar-refractivity contribution is 7.91.